The van der Waals surface area contributed by atoms with Gasteiger partial charge in [0.1, 0.15) is 54.4 Å². The van der Waals surface area contributed by atoms with Crippen molar-refractivity contribution in [3.63, 3.8) is 0 Å². The first-order valence-electron chi connectivity index (χ1n) is 16.2. The number of phenolic OH excluding ortho intramolecular Hbond substituents is 2. The Balaban J connectivity index is 1.09. The molecular weight excluding hydrogens is 688 g/mol. The molecular formula is C36H38O16. The van der Waals surface area contributed by atoms with E-state index in [0.717, 1.165) is 6.08 Å². The van der Waals surface area contributed by atoms with E-state index in [0.29, 0.717) is 16.7 Å². The normalized spacial score (nSPS) is 30.1. The molecule has 0 spiro atoms. The first-order chi connectivity index (χ1) is 24.9. The number of aliphatic hydroxyl groups is 5. The molecule has 0 unspecified atom stereocenters. The van der Waals surface area contributed by atoms with Crippen LogP contribution in [0.2, 0.25) is 0 Å². The average Bonchev–Trinajstić information content (AvgIpc) is 3.42. The average molecular weight is 727 g/mol. The molecule has 278 valence electrons. The van der Waals surface area contributed by atoms with E-state index in [4.69, 9.17) is 33.2 Å². The number of hydrogen-bond acceptors (Lipinski definition) is 16. The molecule has 0 amide bonds. The Morgan fingerprint density at radius 1 is 1.00 bits per heavy atom. The van der Waals surface area contributed by atoms with E-state index in [1.165, 1.54) is 61.7 Å². The van der Waals surface area contributed by atoms with Crippen molar-refractivity contribution in [1.82, 2.24) is 0 Å². The summed E-state index contributed by atoms with van der Waals surface area (Å²) in [5, 5.41) is 72.9. The predicted octanol–water partition coefficient (Wildman–Crippen LogP) is 0.721. The second-order valence-electron chi connectivity index (χ2n) is 12.5. The summed E-state index contributed by atoms with van der Waals surface area (Å²) in [6, 6.07) is 15.0. The van der Waals surface area contributed by atoms with Gasteiger partial charge in [-0.15, -0.1) is 0 Å². The summed E-state index contributed by atoms with van der Waals surface area (Å²) in [5.74, 6) is -0.512. The molecule has 0 radical (unpaired) electrons. The van der Waals surface area contributed by atoms with E-state index in [1.54, 1.807) is 12.1 Å². The third-order valence-corrected chi connectivity index (χ3v) is 8.91. The highest BCUT2D eigenvalue weighted by Crippen LogP contribution is 2.38. The Morgan fingerprint density at radius 3 is 2.50 bits per heavy atom. The minimum atomic E-state index is -2.13. The first kappa shape index (κ1) is 37.0. The summed E-state index contributed by atoms with van der Waals surface area (Å²) in [6.07, 6.45) is -9.20. The van der Waals surface area contributed by atoms with E-state index in [2.05, 4.69) is 0 Å². The quantitative estimate of drug-likeness (QED) is 0.106. The van der Waals surface area contributed by atoms with Crippen LogP contribution < -0.4 is 14.2 Å². The number of aliphatic hydroxyl groups excluding tert-OH is 4. The van der Waals surface area contributed by atoms with Crippen molar-refractivity contribution >= 4 is 17.8 Å². The monoisotopic (exact) mass is 726 g/mol. The van der Waals surface area contributed by atoms with Crippen molar-refractivity contribution in [3.05, 3.63) is 83.4 Å². The summed E-state index contributed by atoms with van der Waals surface area (Å²) < 4.78 is 39.0. The number of carbonyl (C=O) groups excluding carboxylic acids is 2. The van der Waals surface area contributed by atoms with Gasteiger partial charge in [-0.1, -0.05) is 18.2 Å². The molecule has 3 heterocycles. The maximum Gasteiger partial charge on any atom is 0.330 e. The van der Waals surface area contributed by atoms with Gasteiger partial charge in [-0.2, -0.15) is 0 Å². The smallest absolute Gasteiger partial charge is 0.330 e. The van der Waals surface area contributed by atoms with Gasteiger partial charge in [0.15, 0.2) is 35.3 Å². The number of carbonyl (C=O) groups is 2. The van der Waals surface area contributed by atoms with Gasteiger partial charge < -0.3 is 68.9 Å². The number of phenols is 2. The molecule has 3 aromatic carbocycles. The van der Waals surface area contributed by atoms with Gasteiger partial charge in [-0.3, -0.25) is 4.79 Å². The molecule has 3 aliphatic rings. The lowest BCUT2D eigenvalue weighted by molar-refractivity contribution is -0.318. The van der Waals surface area contributed by atoms with Gasteiger partial charge in [0.2, 0.25) is 6.29 Å². The highest BCUT2D eigenvalue weighted by atomic mass is 16.8. The number of aromatic hydroxyl groups is 2. The number of hydrogen-bond donors (Lipinski definition) is 7. The second kappa shape index (κ2) is 15.4. The fraction of sp³-hybridized carbons (Fsp3) is 0.389. The van der Waals surface area contributed by atoms with Crippen LogP contribution >= 0.6 is 0 Å². The van der Waals surface area contributed by atoms with Gasteiger partial charge in [0.05, 0.1) is 32.3 Å². The van der Waals surface area contributed by atoms with Crippen LogP contribution in [-0.2, 0) is 23.7 Å². The number of methoxy groups -OCH3 is 1. The topological polar surface area (TPSA) is 240 Å². The molecule has 0 aromatic heterocycles. The summed E-state index contributed by atoms with van der Waals surface area (Å²) in [5.41, 5.74) is -0.631. The van der Waals surface area contributed by atoms with E-state index >= 15 is 0 Å². The molecule has 52 heavy (non-hydrogen) atoms. The van der Waals surface area contributed by atoms with E-state index < -0.39 is 80.6 Å². The predicted molar refractivity (Wildman–Crippen MR) is 175 cm³/mol. The van der Waals surface area contributed by atoms with Crippen molar-refractivity contribution in [3.8, 4) is 28.7 Å². The SMILES string of the molecule is COc1cc(/C=C/C(=O)OC[C@@]2(O)CO[C@@H](O[C@H]3[C@H](Oc4ccc([C@H]5CC(=O)c6ccc(O)cc6O5)cc4)O[C@H](CO)[C@@H](O)[C@@H]3O)[C@@H]2O)ccc1O. The number of rotatable bonds is 11. The molecule has 2 saturated heterocycles. The lowest BCUT2D eigenvalue weighted by Gasteiger charge is -2.42. The molecule has 16 nitrogen and oxygen atoms in total. The fourth-order valence-corrected chi connectivity index (χ4v) is 5.95. The van der Waals surface area contributed by atoms with Crippen LogP contribution in [0.1, 0.15) is 34.0 Å². The molecule has 2 fully saturated rings. The molecule has 7 N–H and O–H groups in total. The first-order valence-corrected chi connectivity index (χ1v) is 16.2. The Bertz CT molecular complexity index is 1780. The maximum absolute atomic E-state index is 12.7. The van der Waals surface area contributed by atoms with Crippen molar-refractivity contribution in [1.29, 1.82) is 0 Å². The van der Waals surface area contributed by atoms with Crippen LogP contribution in [0.5, 0.6) is 28.7 Å². The van der Waals surface area contributed by atoms with E-state index in [-0.39, 0.29) is 41.0 Å². The Labute approximate surface area is 296 Å². The maximum atomic E-state index is 12.7. The highest BCUT2D eigenvalue weighted by Gasteiger charge is 2.54. The molecule has 3 aliphatic heterocycles. The summed E-state index contributed by atoms with van der Waals surface area (Å²) in [6.45, 7) is -1.93. The number of esters is 1. The van der Waals surface area contributed by atoms with Crippen molar-refractivity contribution in [2.24, 2.45) is 0 Å². The zero-order valence-electron chi connectivity index (χ0n) is 27.7. The minimum absolute atomic E-state index is 0.0464. The van der Waals surface area contributed by atoms with E-state index in [9.17, 15) is 45.3 Å². The molecule has 0 bridgehead atoms. The fourth-order valence-electron chi connectivity index (χ4n) is 5.95. The number of ether oxygens (including phenoxy) is 7. The van der Waals surface area contributed by atoms with Crippen LogP contribution in [0.25, 0.3) is 6.08 Å². The highest BCUT2D eigenvalue weighted by molar-refractivity contribution is 6.00. The van der Waals surface area contributed by atoms with Gasteiger partial charge in [-0.05, 0) is 53.6 Å². The largest absolute Gasteiger partial charge is 0.508 e. The third kappa shape index (κ3) is 7.84. The van der Waals surface area contributed by atoms with Crippen LogP contribution in [-0.4, -0.2) is 123 Å². The Morgan fingerprint density at radius 2 is 1.77 bits per heavy atom. The second-order valence-corrected chi connectivity index (χ2v) is 12.5. The molecule has 0 saturated carbocycles. The van der Waals surface area contributed by atoms with Crippen LogP contribution in [0.15, 0.2) is 66.7 Å². The number of fused-ring (bicyclic) bond motifs is 1. The minimum Gasteiger partial charge on any atom is -0.508 e. The third-order valence-electron chi connectivity index (χ3n) is 8.91. The zero-order chi connectivity index (χ0) is 37.2. The lowest BCUT2D eigenvalue weighted by atomic mass is 9.96. The Kier molecular flexibility index (Phi) is 11.0. The molecule has 9 atom stereocenters. The van der Waals surface area contributed by atoms with Crippen LogP contribution in [0.4, 0.5) is 0 Å². The summed E-state index contributed by atoms with van der Waals surface area (Å²) >= 11 is 0. The number of Topliss-reactive ketones (excluding diaryl/α,β-unsaturated/α-hetero) is 1. The van der Waals surface area contributed by atoms with Gasteiger partial charge in [0, 0.05) is 12.1 Å². The van der Waals surface area contributed by atoms with Gasteiger partial charge in [-0.25, -0.2) is 4.79 Å². The molecule has 0 aliphatic carbocycles. The van der Waals surface area contributed by atoms with Crippen molar-refractivity contribution in [2.75, 3.05) is 26.9 Å². The summed E-state index contributed by atoms with van der Waals surface area (Å²) in [7, 11) is 1.37. The molecule has 3 aromatic rings. The van der Waals surface area contributed by atoms with Crippen LogP contribution in [0, 0.1) is 0 Å². The summed E-state index contributed by atoms with van der Waals surface area (Å²) in [4.78, 5) is 25.1. The zero-order valence-corrected chi connectivity index (χ0v) is 27.7. The van der Waals surface area contributed by atoms with Crippen LogP contribution in [0.3, 0.4) is 0 Å². The molecule has 6 rings (SSSR count). The molecule has 16 heteroatoms. The standard InChI is InChI=1S/C36H38O16/c1-46-27-12-18(2-10-23(27)39)3-11-29(41)47-16-36(45)17-48-35(33(36)44)52-32-31(43)30(42)28(15-37)51-34(32)49-21-7-4-19(5-8-21)25-14-24(40)22-9-6-20(38)13-26(22)50-25/h2-13,25,28,30-35,37-39,42-45H,14-17H2,1H3/b11-3+/t25-,28-,30-,31+,32-,33+,34-,35+,36-/m1/s1. The van der Waals surface area contributed by atoms with Gasteiger partial charge in [0.25, 0.3) is 0 Å². The Hall–Kier alpha value is -4.78. The van der Waals surface area contributed by atoms with Crippen molar-refractivity contribution < 1.29 is 78.5 Å². The lowest BCUT2D eigenvalue weighted by Crippen LogP contribution is -2.62. The van der Waals surface area contributed by atoms with E-state index in [1.807, 2.05) is 0 Å². The van der Waals surface area contributed by atoms with Crippen molar-refractivity contribution in [2.45, 2.75) is 61.2 Å². The number of benzene rings is 3. The number of ketones is 1. The van der Waals surface area contributed by atoms with Gasteiger partial charge >= 0.3 is 5.97 Å².